The van der Waals surface area contributed by atoms with E-state index in [1.165, 1.54) is 36.5 Å². The molecule has 1 saturated carbocycles. The molecule has 0 radical (unpaired) electrons. The van der Waals surface area contributed by atoms with Gasteiger partial charge in [-0.2, -0.15) is 0 Å². The molecule has 2 aliphatic rings. The molecule has 2 fully saturated rings. The molecule has 12 nitrogen and oxygen atoms in total. The lowest BCUT2D eigenvalue weighted by Crippen LogP contribution is -2.40. The van der Waals surface area contributed by atoms with Gasteiger partial charge in [-0.3, -0.25) is 19.2 Å². The Balaban J connectivity index is 0.00000205. The van der Waals surface area contributed by atoms with E-state index in [9.17, 15) is 24.0 Å². The number of hydrogen-bond acceptors (Lipinski definition) is 8. The molecule has 39 heavy (non-hydrogen) atoms. The Morgan fingerprint density at radius 3 is 2.64 bits per heavy atom. The molecule has 2 atom stereocenters. The molecule has 0 bridgehead atoms. The van der Waals surface area contributed by atoms with Gasteiger partial charge in [-0.05, 0) is 51.2 Å². The van der Waals surface area contributed by atoms with Crippen LogP contribution in [0.2, 0.25) is 0 Å². The lowest BCUT2D eigenvalue weighted by Gasteiger charge is -2.24. The van der Waals surface area contributed by atoms with Crippen LogP contribution in [-0.4, -0.2) is 52.1 Å². The number of anilines is 1. The van der Waals surface area contributed by atoms with Gasteiger partial charge < -0.3 is 29.8 Å². The monoisotopic (exact) mass is 541 g/mol. The van der Waals surface area contributed by atoms with Crippen molar-refractivity contribution in [2.24, 2.45) is 5.92 Å². The highest BCUT2D eigenvalue weighted by molar-refractivity contribution is 6.02. The number of esters is 1. The van der Waals surface area contributed by atoms with Crippen LogP contribution in [0, 0.1) is 12.8 Å². The summed E-state index contributed by atoms with van der Waals surface area (Å²) >= 11 is 0. The molecule has 210 valence electrons. The van der Waals surface area contributed by atoms with Crippen molar-refractivity contribution >= 4 is 29.4 Å². The van der Waals surface area contributed by atoms with E-state index in [2.05, 4.69) is 21.1 Å². The maximum Gasteiger partial charge on any atom is 0.330 e. The quantitative estimate of drug-likeness (QED) is 0.304. The molecule has 4 rings (SSSR count). The molecular formula is C27H35N5O7. The van der Waals surface area contributed by atoms with Gasteiger partial charge in [0.25, 0.3) is 11.5 Å². The number of rotatable bonds is 10. The Kier molecular flexibility index (Phi) is 10.6. The van der Waals surface area contributed by atoms with Crippen LogP contribution in [0.4, 0.5) is 5.69 Å². The van der Waals surface area contributed by atoms with Gasteiger partial charge in [-0.1, -0.05) is 25.1 Å². The van der Waals surface area contributed by atoms with Crippen LogP contribution < -0.4 is 21.5 Å². The number of carbonyl (C=O) groups excluding carboxylic acids is 4. The SMILES string of the molecule is CC.Cc1cc(C(=O)Nc2cccn(CC(=O)N[C@H](/C=C/C(=O)OC3CCC3)C[C@@H]3CCNC3=O)c2=O)no1. The van der Waals surface area contributed by atoms with Gasteiger partial charge in [0.05, 0.1) is 0 Å². The summed E-state index contributed by atoms with van der Waals surface area (Å²) in [5, 5.41) is 11.6. The zero-order valence-electron chi connectivity index (χ0n) is 22.4. The minimum Gasteiger partial charge on any atom is -0.459 e. The van der Waals surface area contributed by atoms with E-state index >= 15 is 0 Å². The predicted molar refractivity (Wildman–Crippen MR) is 142 cm³/mol. The Labute approximate surface area is 226 Å². The molecule has 3 N–H and O–H groups in total. The van der Waals surface area contributed by atoms with Gasteiger partial charge in [0.15, 0.2) is 5.69 Å². The first-order chi connectivity index (χ1) is 18.8. The van der Waals surface area contributed by atoms with Crippen LogP contribution in [0.5, 0.6) is 0 Å². The summed E-state index contributed by atoms with van der Waals surface area (Å²) in [5.41, 5.74) is -0.595. The minimum atomic E-state index is -0.621. The normalized spacial score (nSPS) is 17.4. The van der Waals surface area contributed by atoms with Crippen LogP contribution in [0.1, 0.15) is 62.2 Å². The fraction of sp³-hybridized carbons (Fsp3) is 0.481. The number of aromatic nitrogens is 2. The van der Waals surface area contributed by atoms with Crippen molar-refractivity contribution in [2.75, 3.05) is 11.9 Å². The molecule has 3 amide bonds. The van der Waals surface area contributed by atoms with Crippen molar-refractivity contribution in [1.29, 1.82) is 0 Å². The largest absolute Gasteiger partial charge is 0.459 e. The van der Waals surface area contributed by atoms with Gasteiger partial charge in [0.1, 0.15) is 24.1 Å². The number of ether oxygens (including phenoxy) is 1. The number of nitrogens with zero attached hydrogens (tertiary/aromatic N) is 2. The first kappa shape index (κ1) is 29.3. The summed E-state index contributed by atoms with van der Waals surface area (Å²) in [4.78, 5) is 62.2. The van der Waals surface area contributed by atoms with Crippen LogP contribution in [0.3, 0.4) is 0 Å². The molecule has 0 spiro atoms. The van der Waals surface area contributed by atoms with Crippen molar-refractivity contribution in [3.8, 4) is 0 Å². The van der Waals surface area contributed by atoms with Crippen molar-refractivity contribution in [1.82, 2.24) is 20.4 Å². The lowest BCUT2D eigenvalue weighted by molar-refractivity contribution is -0.146. The van der Waals surface area contributed by atoms with Crippen molar-refractivity contribution in [3.63, 3.8) is 0 Å². The van der Waals surface area contributed by atoms with E-state index in [-0.39, 0.29) is 35.9 Å². The summed E-state index contributed by atoms with van der Waals surface area (Å²) < 4.78 is 11.3. The van der Waals surface area contributed by atoms with Crippen LogP contribution in [0.15, 0.2) is 45.9 Å². The molecule has 1 aliphatic heterocycles. The first-order valence-electron chi connectivity index (χ1n) is 13.2. The van der Waals surface area contributed by atoms with Gasteiger partial charge in [0.2, 0.25) is 11.8 Å². The average molecular weight is 542 g/mol. The van der Waals surface area contributed by atoms with Crippen LogP contribution in [0.25, 0.3) is 0 Å². The summed E-state index contributed by atoms with van der Waals surface area (Å²) in [6.45, 7) is 5.86. The summed E-state index contributed by atoms with van der Waals surface area (Å²) in [6.07, 6.45) is 7.77. The van der Waals surface area contributed by atoms with E-state index in [1.54, 1.807) is 6.92 Å². The number of nitrogens with one attached hydrogen (secondary N) is 3. The van der Waals surface area contributed by atoms with Crippen molar-refractivity contribution in [3.05, 3.63) is 58.4 Å². The summed E-state index contributed by atoms with van der Waals surface area (Å²) in [5.74, 6) is -1.59. The van der Waals surface area contributed by atoms with Crippen LogP contribution >= 0.6 is 0 Å². The third kappa shape index (κ3) is 8.39. The second-order valence-corrected chi connectivity index (χ2v) is 9.17. The van der Waals surface area contributed by atoms with Gasteiger partial charge in [0, 0.05) is 36.8 Å². The van der Waals surface area contributed by atoms with Gasteiger partial charge >= 0.3 is 5.97 Å². The molecule has 12 heteroatoms. The molecule has 3 heterocycles. The Bertz CT molecular complexity index is 1260. The number of amides is 3. The van der Waals surface area contributed by atoms with E-state index in [0.717, 1.165) is 23.8 Å². The molecular weight excluding hydrogens is 506 g/mol. The van der Waals surface area contributed by atoms with E-state index in [1.807, 2.05) is 13.8 Å². The zero-order chi connectivity index (χ0) is 28.4. The third-order valence-corrected chi connectivity index (χ3v) is 6.29. The predicted octanol–water partition coefficient (Wildman–Crippen LogP) is 2.09. The smallest absolute Gasteiger partial charge is 0.330 e. The first-order valence-corrected chi connectivity index (χ1v) is 13.2. The van der Waals surface area contributed by atoms with Crippen molar-refractivity contribution in [2.45, 2.75) is 71.6 Å². The lowest BCUT2D eigenvalue weighted by atomic mass is 9.96. The molecule has 0 unspecified atom stereocenters. The zero-order valence-corrected chi connectivity index (χ0v) is 22.4. The summed E-state index contributed by atoms with van der Waals surface area (Å²) in [6, 6.07) is 3.75. The van der Waals surface area contributed by atoms with E-state index in [4.69, 9.17) is 9.26 Å². The molecule has 2 aromatic rings. The highest BCUT2D eigenvalue weighted by Gasteiger charge is 2.27. The number of pyridine rings is 1. The minimum absolute atomic E-state index is 0.0199. The van der Waals surface area contributed by atoms with E-state index in [0.29, 0.717) is 25.1 Å². The second kappa shape index (κ2) is 14.1. The highest BCUT2D eigenvalue weighted by atomic mass is 16.5. The number of hydrogen-bond donors (Lipinski definition) is 3. The standard InChI is InChI=1S/C25H29N5O7.C2H6/c1-15-12-20(29-37-15)24(34)28-19-6-3-11-30(25(19)35)14-21(31)27-17(13-16-9-10-26-23(16)33)7-8-22(32)36-18-4-2-5-18;1-2/h3,6-8,11-12,16-18H,2,4-5,9-10,13-14H2,1H3,(H,26,33)(H,27,31)(H,28,34);1-2H3/b8-7+;/t16-,17+;/m0./s1. The van der Waals surface area contributed by atoms with E-state index < -0.39 is 29.4 Å². The second-order valence-electron chi connectivity index (χ2n) is 9.17. The average Bonchev–Trinajstić information content (AvgIpc) is 3.51. The van der Waals surface area contributed by atoms with Gasteiger partial charge in [-0.15, -0.1) is 0 Å². The fourth-order valence-corrected chi connectivity index (χ4v) is 4.07. The van der Waals surface area contributed by atoms with Crippen LogP contribution in [-0.2, 0) is 25.7 Å². The fourth-order valence-electron chi connectivity index (χ4n) is 4.07. The highest BCUT2D eigenvalue weighted by Crippen LogP contribution is 2.22. The number of aryl methyl sites for hydroxylation is 1. The Morgan fingerprint density at radius 2 is 2.03 bits per heavy atom. The summed E-state index contributed by atoms with van der Waals surface area (Å²) in [7, 11) is 0. The molecule has 1 aliphatic carbocycles. The maximum absolute atomic E-state index is 12.8. The Morgan fingerprint density at radius 1 is 1.26 bits per heavy atom. The third-order valence-electron chi connectivity index (χ3n) is 6.29. The molecule has 2 aromatic heterocycles. The number of carbonyl (C=O) groups is 4. The maximum atomic E-state index is 12.8. The molecule has 0 aromatic carbocycles. The molecule has 1 saturated heterocycles. The Hall–Kier alpha value is -4.22. The topological polar surface area (TPSA) is 162 Å². The van der Waals surface area contributed by atoms with Crippen molar-refractivity contribution < 1.29 is 28.4 Å². The van der Waals surface area contributed by atoms with Gasteiger partial charge in [-0.25, -0.2) is 4.79 Å².